The van der Waals surface area contributed by atoms with Gasteiger partial charge in [-0.25, -0.2) is 0 Å². The average molecular weight is 310 g/mol. The van der Waals surface area contributed by atoms with Crippen molar-refractivity contribution in [3.63, 3.8) is 0 Å². The van der Waals surface area contributed by atoms with Crippen LogP contribution in [0.5, 0.6) is 0 Å². The largest absolute Gasteiger partial charge is 0.313 e. The van der Waals surface area contributed by atoms with Crippen molar-refractivity contribution in [2.45, 2.75) is 76.0 Å². The minimum atomic E-state index is -0.938. The Labute approximate surface area is 133 Å². The molecule has 21 heavy (non-hydrogen) atoms. The van der Waals surface area contributed by atoms with Crippen molar-refractivity contribution < 1.29 is 4.21 Å². The molecule has 1 N–H and O–H groups in total. The number of nitrogens with one attached hydrogen (secondary N) is 1. The third-order valence-corrected chi connectivity index (χ3v) is 5.92. The Kier molecular flexibility index (Phi) is 8.20. The van der Waals surface area contributed by atoms with Gasteiger partial charge in [-0.1, -0.05) is 53.2 Å². The fourth-order valence-electron chi connectivity index (χ4n) is 2.74. The van der Waals surface area contributed by atoms with Crippen LogP contribution in [-0.2, 0) is 10.8 Å². The quantitative estimate of drug-likeness (QED) is 0.729. The van der Waals surface area contributed by atoms with Gasteiger partial charge in [0.25, 0.3) is 0 Å². The summed E-state index contributed by atoms with van der Waals surface area (Å²) in [4.78, 5) is 0.963. The van der Waals surface area contributed by atoms with Gasteiger partial charge in [-0.3, -0.25) is 4.21 Å². The lowest BCUT2D eigenvalue weighted by molar-refractivity contribution is 0.458. The van der Waals surface area contributed by atoms with Gasteiger partial charge in [0.1, 0.15) is 0 Å². The van der Waals surface area contributed by atoms with Crippen LogP contribution in [0.2, 0.25) is 0 Å². The maximum absolute atomic E-state index is 12.9. The van der Waals surface area contributed by atoms with Crippen molar-refractivity contribution in [3.8, 4) is 0 Å². The van der Waals surface area contributed by atoms with Crippen molar-refractivity contribution in [2.75, 3.05) is 6.54 Å². The summed E-state index contributed by atoms with van der Waals surface area (Å²) in [5.41, 5.74) is 1.31. The first-order chi connectivity index (χ1) is 10.0. The third-order valence-electron chi connectivity index (χ3n) is 3.97. The first-order valence-electron chi connectivity index (χ1n) is 8.28. The van der Waals surface area contributed by atoms with E-state index in [9.17, 15) is 4.21 Å². The number of benzene rings is 1. The Morgan fingerprint density at radius 2 is 1.71 bits per heavy atom. The predicted octanol–water partition coefficient (Wildman–Crippen LogP) is 4.47. The van der Waals surface area contributed by atoms with E-state index in [0.29, 0.717) is 12.0 Å². The lowest BCUT2D eigenvalue weighted by Gasteiger charge is -2.26. The van der Waals surface area contributed by atoms with E-state index in [0.717, 1.165) is 30.7 Å². The summed E-state index contributed by atoms with van der Waals surface area (Å²) < 4.78 is 12.9. The molecule has 2 nitrogen and oxygen atoms in total. The van der Waals surface area contributed by atoms with Gasteiger partial charge in [0.15, 0.2) is 0 Å². The normalized spacial score (nSPS) is 15.9. The molecule has 0 heterocycles. The van der Waals surface area contributed by atoms with E-state index < -0.39 is 10.8 Å². The lowest BCUT2D eigenvalue weighted by Crippen LogP contribution is -2.41. The van der Waals surface area contributed by atoms with Crippen molar-refractivity contribution in [1.29, 1.82) is 0 Å². The van der Waals surface area contributed by atoms with Crippen LogP contribution in [0.3, 0.4) is 0 Å². The molecule has 0 fully saturated rings. The minimum absolute atomic E-state index is 0.190. The lowest BCUT2D eigenvalue weighted by atomic mass is 10.0. The van der Waals surface area contributed by atoms with E-state index in [1.54, 1.807) is 0 Å². The van der Waals surface area contributed by atoms with Crippen LogP contribution in [0.1, 0.15) is 65.4 Å². The van der Waals surface area contributed by atoms with Crippen LogP contribution >= 0.6 is 0 Å². The zero-order valence-corrected chi connectivity index (χ0v) is 15.0. The first kappa shape index (κ1) is 18.4. The summed E-state index contributed by atoms with van der Waals surface area (Å²) in [5, 5.41) is 3.71. The Morgan fingerprint density at radius 1 is 1.10 bits per heavy atom. The molecular weight excluding hydrogens is 278 g/mol. The van der Waals surface area contributed by atoms with Crippen molar-refractivity contribution in [3.05, 3.63) is 29.8 Å². The van der Waals surface area contributed by atoms with Crippen LogP contribution in [0, 0.1) is 0 Å². The molecule has 0 saturated carbocycles. The van der Waals surface area contributed by atoms with E-state index in [1.165, 1.54) is 5.56 Å². The zero-order valence-electron chi connectivity index (χ0n) is 14.2. The van der Waals surface area contributed by atoms with Gasteiger partial charge >= 0.3 is 0 Å². The summed E-state index contributed by atoms with van der Waals surface area (Å²) in [6.45, 7) is 11.8. The van der Waals surface area contributed by atoms with E-state index in [-0.39, 0.29) is 5.25 Å². The standard InChI is InChI=1S/C18H31NOS/c1-6-9-17(19-8-3)18(7-2)21(20)16-12-10-15(11-13-16)14(4)5/h10-14,17-19H,6-9H2,1-5H3. The Hall–Kier alpha value is -0.670. The molecule has 0 bridgehead atoms. The Morgan fingerprint density at radius 3 is 2.14 bits per heavy atom. The smallest absolute Gasteiger partial charge is 0.0576 e. The van der Waals surface area contributed by atoms with Gasteiger partial charge < -0.3 is 5.32 Å². The Bertz CT molecular complexity index is 421. The SMILES string of the molecule is CCCC(NCC)C(CC)S(=O)c1ccc(C(C)C)cc1. The fourth-order valence-corrected chi connectivity index (χ4v) is 4.33. The monoisotopic (exact) mass is 309 g/mol. The van der Waals surface area contributed by atoms with Gasteiger partial charge in [0.2, 0.25) is 0 Å². The summed E-state index contributed by atoms with van der Waals surface area (Å²) in [5.74, 6) is 0.518. The molecule has 3 unspecified atom stereocenters. The molecule has 0 aliphatic carbocycles. The molecule has 1 aromatic rings. The topological polar surface area (TPSA) is 29.1 Å². The zero-order chi connectivity index (χ0) is 15.8. The molecule has 3 heteroatoms. The third kappa shape index (κ3) is 5.23. The van der Waals surface area contributed by atoms with Gasteiger partial charge in [-0.05, 0) is 43.0 Å². The second kappa shape index (κ2) is 9.37. The van der Waals surface area contributed by atoms with Crippen LogP contribution in [0.15, 0.2) is 29.2 Å². The average Bonchev–Trinajstić information content (AvgIpc) is 2.48. The summed E-state index contributed by atoms with van der Waals surface area (Å²) in [7, 11) is -0.938. The highest BCUT2D eigenvalue weighted by Gasteiger charge is 2.25. The van der Waals surface area contributed by atoms with Gasteiger partial charge in [0, 0.05) is 10.9 Å². The van der Waals surface area contributed by atoms with Crippen LogP contribution < -0.4 is 5.32 Å². The van der Waals surface area contributed by atoms with E-state index in [4.69, 9.17) is 0 Å². The molecule has 0 amide bonds. The van der Waals surface area contributed by atoms with Crippen molar-refractivity contribution in [1.82, 2.24) is 5.32 Å². The molecule has 1 rings (SSSR count). The van der Waals surface area contributed by atoms with Gasteiger partial charge in [-0.2, -0.15) is 0 Å². The molecule has 0 aliphatic heterocycles. The molecule has 0 spiro atoms. The molecule has 0 radical (unpaired) electrons. The van der Waals surface area contributed by atoms with E-state index >= 15 is 0 Å². The molecule has 3 atom stereocenters. The highest BCUT2D eigenvalue weighted by Crippen LogP contribution is 2.22. The minimum Gasteiger partial charge on any atom is -0.313 e. The summed E-state index contributed by atoms with van der Waals surface area (Å²) in [6, 6.07) is 8.67. The van der Waals surface area contributed by atoms with Crippen LogP contribution in [-0.4, -0.2) is 22.0 Å². The summed E-state index contributed by atoms with van der Waals surface area (Å²) >= 11 is 0. The highest BCUT2D eigenvalue weighted by molar-refractivity contribution is 7.85. The molecule has 0 saturated heterocycles. The second-order valence-electron chi connectivity index (χ2n) is 5.92. The maximum Gasteiger partial charge on any atom is 0.0576 e. The van der Waals surface area contributed by atoms with Crippen molar-refractivity contribution in [2.24, 2.45) is 0 Å². The molecular formula is C18H31NOS. The molecule has 120 valence electrons. The molecule has 0 aromatic heterocycles. The fraction of sp³-hybridized carbons (Fsp3) is 0.667. The Balaban J connectivity index is 2.90. The van der Waals surface area contributed by atoms with Crippen LogP contribution in [0.4, 0.5) is 0 Å². The number of hydrogen-bond donors (Lipinski definition) is 1. The number of hydrogen-bond acceptors (Lipinski definition) is 2. The van der Waals surface area contributed by atoms with Crippen molar-refractivity contribution >= 4 is 10.8 Å². The van der Waals surface area contributed by atoms with Gasteiger partial charge in [-0.15, -0.1) is 0 Å². The van der Waals surface area contributed by atoms with Crippen LogP contribution in [0.25, 0.3) is 0 Å². The van der Waals surface area contributed by atoms with E-state index in [2.05, 4.69) is 52.1 Å². The first-order valence-corrected chi connectivity index (χ1v) is 9.50. The second-order valence-corrected chi connectivity index (χ2v) is 7.59. The number of rotatable bonds is 9. The predicted molar refractivity (Wildman–Crippen MR) is 93.4 cm³/mol. The van der Waals surface area contributed by atoms with Gasteiger partial charge in [0.05, 0.1) is 16.0 Å². The maximum atomic E-state index is 12.9. The molecule has 1 aromatic carbocycles. The van der Waals surface area contributed by atoms with E-state index in [1.807, 2.05) is 12.1 Å². The highest BCUT2D eigenvalue weighted by atomic mass is 32.2. The molecule has 0 aliphatic rings. The summed E-state index contributed by atoms with van der Waals surface area (Å²) in [6.07, 6.45) is 3.15.